The van der Waals surface area contributed by atoms with Crippen molar-refractivity contribution >= 4 is 16.0 Å². The first-order chi connectivity index (χ1) is 11.0. The SMILES string of the molecule is Cc1cc(C(C)(C)C)ccc1OC(=O)C1CCN(S(C)(=O)=O)CC1. The molecule has 6 heteroatoms. The van der Waals surface area contributed by atoms with Gasteiger partial charge in [-0.2, -0.15) is 0 Å². The van der Waals surface area contributed by atoms with Crippen LogP contribution in [0.3, 0.4) is 0 Å². The van der Waals surface area contributed by atoms with E-state index in [1.807, 2.05) is 19.1 Å². The fourth-order valence-corrected chi connectivity index (χ4v) is 3.72. The van der Waals surface area contributed by atoms with Gasteiger partial charge in [0.2, 0.25) is 10.0 Å². The van der Waals surface area contributed by atoms with E-state index in [2.05, 4.69) is 26.8 Å². The second-order valence-electron chi connectivity index (χ2n) is 7.59. The van der Waals surface area contributed by atoms with Gasteiger partial charge < -0.3 is 4.74 Å². The van der Waals surface area contributed by atoms with Crippen molar-refractivity contribution < 1.29 is 17.9 Å². The van der Waals surface area contributed by atoms with Gasteiger partial charge in [0.15, 0.2) is 0 Å². The van der Waals surface area contributed by atoms with Crippen LogP contribution < -0.4 is 4.74 Å². The third kappa shape index (κ3) is 4.57. The Bertz CT molecular complexity index is 711. The third-order valence-electron chi connectivity index (χ3n) is 4.51. The fraction of sp³-hybridized carbons (Fsp3) is 0.611. The number of ether oxygens (including phenoxy) is 1. The average Bonchev–Trinajstić information content (AvgIpc) is 2.47. The summed E-state index contributed by atoms with van der Waals surface area (Å²) in [5.74, 6) is 0.0676. The molecule has 0 saturated carbocycles. The molecule has 1 aromatic rings. The van der Waals surface area contributed by atoms with E-state index in [-0.39, 0.29) is 17.3 Å². The summed E-state index contributed by atoms with van der Waals surface area (Å²) >= 11 is 0. The number of carbonyl (C=O) groups is 1. The molecule has 1 saturated heterocycles. The second-order valence-corrected chi connectivity index (χ2v) is 9.57. The van der Waals surface area contributed by atoms with Gasteiger partial charge in [0.05, 0.1) is 12.2 Å². The molecule has 0 radical (unpaired) electrons. The average molecular weight is 353 g/mol. The summed E-state index contributed by atoms with van der Waals surface area (Å²) in [5, 5.41) is 0. The van der Waals surface area contributed by atoms with E-state index < -0.39 is 10.0 Å². The number of aryl methyl sites for hydroxylation is 1. The quantitative estimate of drug-likeness (QED) is 0.619. The zero-order valence-electron chi connectivity index (χ0n) is 15.1. The molecule has 2 rings (SSSR count). The lowest BCUT2D eigenvalue weighted by Crippen LogP contribution is -2.40. The van der Waals surface area contributed by atoms with Crippen molar-refractivity contribution in [1.82, 2.24) is 4.31 Å². The Morgan fingerprint density at radius 1 is 1.21 bits per heavy atom. The van der Waals surface area contributed by atoms with Crippen LogP contribution in [0.2, 0.25) is 0 Å². The molecule has 0 amide bonds. The number of benzene rings is 1. The first-order valence-corrected chi connectivity index (χ1v) is 10.1. The van der Waals surface area contributed by atoms with Crippen molar-refractivity contribution in [3.63, 3.8) is 0 Å². The van der Waals surface area contributed by atoms with E-state index in [9.17, 15) is 13.2 Å². The molecule has 1 fully saturated rings. The van der Waals surface area contributed by atoms with Gasteiger partial charge in [0.1, 0.15) is 5.75 Å². The minimum absolute atomic E-state index is 0.0474. The minimum Gasteiger partial charge on any atom is -0.426 e. The van der Waals surface area contributed by atoms with Gasteiger partial charge in [0.25, 0.3) is 0 Å². The Kier molecular flexibility index (Phi) is 5.40. The second kappa shape index (κ2) is 6.84. The number of rotatable bonds is 3. The van der Waals surface area contributed by atoms with Crippen molar-refractivity contribution in [1.29, 1.82) is 0 Å². The smallest absolute Gasteiger partial charge is 0.314 e. The normalized spacial score (nSPS) is 17.7. The predicted molar refractivity (Wildman–Crippen MR) is 94.7 cm³/mol. The first kappa shape index (κ1) is 18.9. The van der Waals surface area contributed by atoms with Crippen LogP contribution in [0.25, 0.3) is 0 Å². The lowest BCUT2D eigenvalue weighted by atomic mass is 9.86. The van der Waals surface area contributed by atoms with Crippen LogP contribution in [-0.4, -0.2) is 38.0 Å². The van der Waals surface area contributed by atoms with Crippen molar-refractivity contribution in [3.8, 4) is 5.75 Å². The Morgan fingerprint density at radius 2 is 1.79 bits per heavy atom. The van der Waals surface area contributed by atoms with Crippen molar-refractivity contribution in [3.05, 3.63) is 29.3 Å². The van der Waals surface area contributed by atoms with Crippen molar-refractivity contribution in [2.24, 2.45) is 5.92 Å². The number of nitrogens with zero attached hydrogens (tertiary/aromatic N) is 1. The van der Waals surface area contributed by atoms with Gasteiger partial charge in [-0.15, -0.1) is 0 Å². The molecule has 5 nitrogen and oxygen atoms in total. The van der Waals surface area contributed by atoms with E-state index in [0.29, 0.717) is 31.7 Å². The number of hydrogen-bond acceptors (Lipinski definition) is 4. The highest BCUT2D eigenvalue weighted by atomic mass is 32.2. The summed E-state index contributed by atoms with van der Waals surface area (Å²) in [7, 11) is -3.18. The van der Waals surface area contributed by atoms with Gasteiger partial charge in [-0.25, -0.2) is 12.7 Å². The standard InChI is InChI=1S/C18H27NO4S/c1-13-12-15(18(2,3)4)6-7-16(13)23-17(20)14-8-10-19(11-9-14)24(5,21)22/h6-7,12,14H,8-11H2,1-5H3. The monoisotopic (exact) mass is 353 g/mol. The summed E-state index contributed by atoms with van der Waals surface area (Å²) in [5.41, 5.74) is 2.18. The minimum atomic E-state index is -3.18. The molecule has 24 heavy (non-hydrogen) atoms. The maximum Gasteiger partial charge on any atom is 0.314 e. The summed E-state index contributed by atoms with van der Waals surface area (Å²) < 4.78 is 30.0. The maximum absolute atomic E-state index is 12.4. The molecular formula is C18H27NO4S. The van der Waals surface area contributed by atoms with Gasteiger partial charge in [-0.1, -0.05) is 32.9 Å². The van der Waals surface area contributed by atoms with Gasteiger partial charge >= 0.3 is 5.97 Å². The predicted octanol–water partition coefficient (Wildman–Crippen LogP) is 2.87. The zero-order valence-corrected chi connectivity index (χ0v) is 15.9. The molecule has 1 aromatic carbocycles. The highest BCUT2D eigenvalue weighted by Crippen LogP contribution is 2.29. The van der Waals surface area contributed by atoms with Crippen LogP contribution in [0.5, 0.6) is 5.75 Å². The van der Waals surface area contributed by atoms with Gasteiger partial charge in [-0.05, 0) is 42.4 Å². The number of esters is 1. The number of piperidine rings is 1. The van der Waals surface area contributed by atoms with E-state index in [0.717, 1.165) is 5.56 Å². The molecule has 1 aliphatic rings. The Hall–Kier alpha value is -1.40. The Labute approximate surface area is 145 Å². The summed E-state index contributed by atoms with van der Waals surface area (Å²) in [6.07, 6.45) is 2.21. The van der Waals surface area contributed by atoms with Crippen LogP contribution in [-0.2, 0) is 20.2 Å². The molecule has 0 bridgehead atoms. The topological polar surface area (TPSA) is 63.7 Å². The number of carbonyl (C=O) groups excluding carboxylic acids is 1. The molecule has 1 heterocycles. The number of sulfonamides is 1. The van der Waals surface area contributed by atoms with Crippen LogP contribution in [0.15, 0.2) is 18.2 Å². The zero-order chi connectivity index (χ0) is 18.1. The van der Waals surface area contributed by atoms with Gasteiger partial charge in [0, 0.05) is 13.1 Å². The molecule has 0 spiro atoms. The highest BCUT2D eigenvalue weighted by Gasteiger charge is 2.30. The third-order valence-corrected chi connectivity index (χ3v) is 5.81. The lowest BCUT2D eigenvalue weighted by Gasteiger charge is -2.29. The number of hydrogen-bond donors (Lipinski definition) is 0. The fourth-order valence-electron chi connectivity index (χ4n) is 2.85. The highest BCUT2D eigenvalue weighted by molar-refractivity contribution is 7.88. The van der Waals surface area contributed by atoms with Crippen LogP contribution >= 0.6 is 0 Å². The van der Waals surface area contributed by atoms with Crippen LogP contribution in [0, 0.1) is 12.8 Å². The van der Waals surface area contributed by atoms with Crippen molar-refractivity contribution in [2.75, 3.05) is 19.3 Å². The molecule has 0 aromatic heterocycles. The summed E-state index contributed by atoms with van der Waals surface area (Å²) in [6.45, 7) is 9.11. The van der Waals surface area contributed by atoms with Crippen LogP contribution in [0.1, 0.15) is 44.7 Å². The molecular weight excluding hydrogens is 326 g/mol. The molecule has 0 unspecified atom stereocenters. The maximum atomic E-state index is 12.4. The largest absolute Gasteiger partial charge is 0.426 e. The van der Waals surface area contributed by atoms with E-state index in [4.69, 9.17) is 4.74 Å². The Balaban J connectivity index is 2.01. The molecule has 134 valence electrons. The molecule has 0 N–H and O–H groups in total. The lowest BCUT2D eigenvalue weighted by molar-refractivity contribution is -0.140. The van der Waals surface area contributed by atoms with E-state index in [1.165, 1.54) is 16.1 Å². The molecule has 1 aliphatic heterocycles. The Morgan fingerprint density at radius 3 is 2.25 bits per heavy atom. The molecule has 0 aliphatic carbocycles. The summed E-state index contributed by atoms with van der Waals surface area (Å²) in [6, 6.07) is 5.89. The van der Waals surface area contributed by atoms with E-state index >= 15 is 0 Å². The van der Waals surface area contributed by atoms with Gasteiger partial charge in [-0.3, -0.25) is 4.79 Å². The first-order valence-electron chi connectivity index (χ1n) is 8.26. The van der Waals surface area contributed by atoms with Crippen LogP contribution in [0.4, 0.5) is 0 Å². The van der Waals surface area contributed by atoms with E-state index in [1.54, 1.807) is 0 Å². The molecule has 0 atom stereocenters. The van der Waals surface area contributed by atoms with Crippen molar-refractivity contribution in [2.45, 2.75) is 46.0 Å². The summed E-state index contributed by atoms with van der Waals surface area (Å²) in [4.78, 5) is 12.4.